The van der Waals surface area contributed by atoms with Crippen LogP contribution in [0.15, 0.2) is 18.2 Å². The van der Waals surface area contributed by atoms with E-state index in [4.69, 9.17) is 4.74 Å². The van der Waals surface area contributed by atoms with E-state index in [-0.39, 0.29) is 11.9 Å². The molecule has 0 spiro atoms. The highest BCUT2D eigenvalue weighted by Gasteiger charge is 2.26. The Morgan fingerprint density at radius 2 is 1.85 bits per heavy atom. The predicted molar refractivity (Wildman–Crippen MR) is 81.2 cm³/mol. The molecule has 1 saturated carbocycles. The van der Waals surface area contributed by atoms with Crippen molar-refractivity contribution >= 4 is 5.91 Å². The summed E-state index contributed by atoms with van der Waals surface area (Å²) in [4.78, 5) is 12.5. The Labute approximate surface area is 121 Å². The fourth-order valence-electron chi connectivity index (χ4n) is 3.43. The van der Waals surface area contributed by atoms with Gasteiger partial charge in [-0.2, -0.15) is 0 Å². The Hall–Kier alpha value is -1.51. The number of amides is 1. The van der Waals surface area contributed by atoms with E-state index in [2.05, 4.69) is 19.2 Å². The van der Waals surface area contributed by atoms with E-state index in [1.54, 1.807) is 7.11 Å². The molecule has 2 unspecified atom stereocenters. The SMILES string of the molecule is COc1c(C)cccc1C(=O)NC1CC(C)CC(C)C1. The zero-order chi connectivity index (χ0) is 14.7. The van der Waals surface area contributed by atoms with Crippen LogP contribution in [0.1, 0.15) is 49.0 Å². The average molecular weight is 275 g/mol. The zero-order valence-electron chi connectivity index (χ0n) is 12.9. The lowest BCUT2D eigenvalue weighted by atomic mass is 9.80. The van der Waals surface area contributed by atoms with E-state index in [0.29, 0.717) is 23.1 Å². The number of aryl methyl sites for hydroxylation is 1. The normalized spacial score (nSPS) is 26.1. The van der Waals surface area contributed by atoms with Crippen molar-refractivity contribution in [2.75, 3.05) is 7.11 Å². The molecule has 1 N–H and O–H groups in total. The summed E-state index contributed by atoms with van der Waals surface area (Å²) in [5, 5.41) is 3.18. The van der Waals surface area contributed by atoms with Gasteiger partial charge in [0.05, 0.1) is 12.7 Å². The lowest BCUT2D eigenvalue weighted by Gasteiger charge is -2.32. The molecule has 0 aliphatic heterocycles. The van der Waals surface area contributed by atoms with E-state index in [1.165, 1.54) is 6.42 Å². The molecule has 110 valence electrons. The Kier molecular flexibility index (Phi) is 4.69. The Balaban J connectivity index is 2.10. The molecule has 1 amide bonds. The van der Waals surface area contributed by atoms with Crippen LogP contribution >= 0.6 is 0 Å². The highest BCUT2D eigenvalue weighted by molar-refractivity contribution is 5.97. The minimum Gasteiger partial charge on any atom is -0.496 e. The summed E-state index contributed by atoms with van der Waals surface area (Å²) in [5.74, 6) is 2.03. The minimum atomic E-state index is -0.0168. The topological polar surface area (TPSA) is 38.3 Å². The van der Waals surface area contributed by atoms with Crippen molar-refractivity contribution in [2.45, 2.75) is 46.1 Å². The largest absolute Gasteiger partial charge is 0.496 e. The van der Waals surface area contributed by atoms with Crippen LogP contribution in [-0.2, 0) is 0 Å². The monoisotopic (exact) mass is 275 g/mol. The molecule has 0 bridgehead atoms. The van der Waals surface area contributed by atoms with Gasteiger partial charge in [0.2, 0.25) is 0 Å². The first-order valence-electron chi connectivity index (χ1n) is 7.45. The molecule has 1 aromatic rings. The summed E-state index contributed by atoms with van der Waals surface area (Å²) < 4.78 is 5.37. The van der Waals surface area contributed by atoms with Crippen molar-refractivity contribution < 1.29 is 9.53 Å². The molecule has 2 rings (SSSR count). The van der Waals surface area contributed by atoms with Crippen molar-refractivity contribution in [3.63, 3.8) is 0 Å². The van der Waals surface area contributed by atoms with Gasteiger partial charge in [-0.1, -0.05) is 26.0 Å². The second-order valence-corrected chi connectivity index (χ2v) is 6.24. The van der Waals surface area contributed by atoms with Gasteiger partial charge in [0.15, 0.2) is 0 Å². The summed E-state index contributed by atoms with van der Waals surface area (Å²) in [6.07, 6.45) is 3.41. The van der Waals surface area contributed by atoms with Crippen molar-refractivity contribution in [3.8, 4) is 5.75 Å². The molecule has 1 aliphatic carbocycles. The van der Waals surface area contributed by atoms with Crippen LogP contribution in [0.2, 0.25) is 0 Å². The number of ether oxygens (including phenoxy) is 1. The highest BCUT2D eigenvalue weighted by Crippen LogP contribution is 2.29. The van der Waals surface area contributed by atoms with Crippen LogP contribution < -0.4 is 10.1 Å². The van der Waals surface area contributed by atoms with Crippen LogP contribution in [0.25, 0.3) is 0 Å². The summed E-state index contributed by atoms with van der Waals surface area (Å²) in [6.45, 7) is 6.49. The molecule has 2 atom stereocenters. The van der Waals surface area contributed by atoms with E-state index >= 15 is 0 Å². The lowest BCUT2D eigenvalue weighted by molar-refractivity contribution is 0.0908. The zero-order valence-corrected chi connectivity index (χ0v) is 12.9. The molecule has 20 heavy (non-hydrogen) atoms. The third-order valence-electron chi connectivity index (χ3n) is 4.17. The van der Waals surface area contributed by atoms with Gasteiger partial charge in [-0.3, -0.25) is 4.79 Å². The maximum Gasteiger partial charge on any atom is 0.255 e. The van der Waals surface area contributed by atoms with Gasteiger partial charge >= 0.3 is 0 Å². The van der Waals surface area contributed by atoms with E-state index in [1.807, 2.05) is 25.1 Å². The second kappa shape index (κ2) is 6.29. The molecule has 1 fully saturated rings. The molecule has 0 radical (unpaired) electrons. The van der Waals surface area contributed by atoms with E-state index in [9.17, 15) is 4.79 Å². The molecule has 1 aromatic carbocycles. The molecule has 0 aromatic heterocycles. The van der Waals surface area contributed by atoms with Crippen LogP contribution in [0.5, 0.6) is 5.75 Å². The summed E-state index contributed by atoms with van der Waals surface area (Å²) in [6, 6.07) is 5.97. The number of hydrogen-bond donors (Lipinski definition) is 1. The van der Waals surface area contributed by atoms with Crippen LogP contribution in [0, 0.1) is 18.8 Å². The summed E-state index contributed by atoms with van der Waals surface area (Å²) >= 11 is 0. The van der Waals surface area contributed by atoms with Crippen molar-refractivity contribution in [1.29, 1.82) is 0 Å². The molecule has 0 saturated heterocycles. The smallest absolute Gasteiger partial charge is 0.255 e. The van der Waals surface area contributed by atoms with Gasteiger partial charge < -0.3 is 10.1 Å². The van der Waals surface area contributed by atoms with E-state index in [0.717, 1.165) is 18.4 Å². The number of hydrogen-bond acceptors (Lipinski definition) is 2. The van der Waals surface area contributed by atoms with Gasteiger partial charge in [0, 0.05) is 6.04 Å². The molecule has 0 heterocycles. The number of para-hydroxylation sites is 1. The number of carbonyl (C=O) groups excluding carboxylic acids is 1. The fourth-order valence-corrected chi connectivity index (χ4v) is 3.43. The van der Waals surface area contributed by atoms with Crippen LogP contribution in [-0.4, -0.2) is 19.1 Å². The van der Waals surface area contributed by atoms with Gasteiger partial charge in [-0.15, -0.1) is 0 Å². The Morgan fingerprint density at radius 1 is 1.20 bits per heavy atom. The Morgan fingerprint density at radius 3 is 2.45 bits per heavy atom. The summed E-state index contributed by atoms with van der Waals surface area (Å²) in [5.41, 5.74) is 1.63. The molecule has 1 aliphatic rings. The standard InChI is InChI=1S/C17H25NO2/c1-11-8-12(2)10-14(9-11)18-17(19)15-7-5-6-13(3)16(15)20-4/h5-7,11-12,14H,8-10H2,1-4H3,(H,18,19). The number of rotatable bonds is 3. The van der Waals surface area contributed by atoms with Gasteiger partial charge in [0.1, 0.15) is 5.75 Å². The highest BCUT2D eigenvalue weighted by atomic mass is 16.5. The second-order valence-electron chi connectivity index (χ2n) is 6.24. The van der Waals surface area contributed by atoms with Crippen molar-refractivity contribution in [3.05, 3.63) is 29.3 Å². The predicted octanol–water partition coefficient (Wildman–Crippen LogP) is 3.56. The minimum absolute atomic E-state index is 0.0168. The van der Waals surface area contributed by atoms with Gasteiger partial charge in [0.25, 0.3) is 5.91 Å². The average Bonchev–Trinajstić information content (AvgIpc) is 2.37. The van der Waals surface area contributed by atoms with Gasteiger partial charge in [-0.05, 0) is 49.7 Å². The third kappa shape index (κ3) is 3.33. The fraction of sp³-hybridized carbons (Fsp3) is 0.588. The Bertz CT molecular complexity index is 474. The first-order chi connectivity index (χ1) is 9.51. The molecule has 3 heteroatoms. The quantitative estimate of drug-likeness (QED) is 0.916. The van der Waals surface area contributed by atoms with Crippen molar-refractivity contribution in [2.24, 2.45) is 11.8 Å². The maximum atomic E-state index is 12.5. The lowest BCUT2D eigenvalue weighted by Crippen LogP contribution is -2.40. The first kappa shape index (κ1) is 14.9. The molecule has 3 nitrogen and oxygen atoms in total. The maximum absolute atomic E-state index is 12.5. The van der Waals surface area contributed by atoms with E-state index < -0.39 is 0 Å². The number of benzene rings is 1. The number of nitrogens with one attached hydrogen (secondary N) is 1. The number of methoxy groups -OCH3 is 1. The van der Waals surface area contributed by atoms with Crippen LogP contribution in [0.4, 0.5) is 0 Å². The van der Waals surface area contributed by atoms with Crippen LogP contribution in [0.3, 0.4) is 0 Å². The molecular formula is C17H25NO2. The number of carbonyl (C=O) groups is 1. The summed E-state index contributed by atoms with van der Waals surface area (Å²) in [7, 11) is 1.61. The van der Waals surface area contributed by atoms with Gasteiger partial charge in [-0.25, -0.2) is 0 Å². The molecular weight excluding hydrogens is 250 g/mol. The third-order valence-corrected chi connectivity index (χ3v) is 4.17. The first-order valence-corrected chi connectivity index (χ1v) is 7.45. The van der Waals surface area contributed by atoms with Crippen molar-refractivity contribution in [1.82, 2.24) is 5.32 Å².